The molecule has 0 spiro atoms. The number of ether oxygens (including phenoxy) is 1. The van der Waals surface area contributed by atoms with Gasteiger partial charge in [0, 0.05) is 53.8 Å². The molecule has 32 heavy (non-hydrogen) atoms. The van der Waals surface area contributed by atoms with E-state index in [2.05, 4.69) is 20.5 Å². The van der Waals surface area contributed by atoms with Crippen molar-refractivity contribution < 1.29 is 14.3 Å². The van der Waals surface area contributed by atoms with Crippen LogP contribution in [0.5, 0.6) is 0 Å². The van der Waals surface area contributed by atoms with Gasteiger partial charge in [0.2, 0.25) is 0 Å². The van der Waals surface area contributed by atoms with Crippen LogP contribution in [0.25, 0.3) is 11.1 Å². The summed E-state index contributed by atoms with van der Waals surface area (Å²) in [6.07, 6.45) is 2.48. The standard InChI is InChI=1S/C24H27ClN4O3/c1-14-20(23(30)26-7-8-29-9-11-32-12-10-29)16-3-2-4-17(22(16)27-14)21-18-13-15(25)5-6-19(18)28-24(21)31/h5-6,13,27H,2-4,7-12H2,1H3,(H,26,30)(H,28,31)/b21-17-. The number of fused-ring (bicyclic) bond motifs is 2. The van der Waals surface area contributed by atoms with Crippen LogP contribution in [-0.4, -0.2) is 61.1 Å². The molecule has 3 N–H and O–H groups in total. The van der Waals surface area contributed by atoms with E-state index >= 15 is 0 Å². The lowest BCUT2D eigenvalue weighted by Gasteiger charge is -2.26. The number of benzene rings is 1. The van der Waals surface area contributed by atoms with Crippen molar-refractivity contribution in [1.82, 2.24) is 15.2 Å². The monoisotopic (exact) mass is 454 g/mol. The summed E-state index contributed by atoms with van der Waals surface area (Å²) < 4.78 is 5.38. The molecule has 0 unspecified atom stereocenters. The summed E-state index contributed by atoms with van der Waals surface area (Å²) in [7, 11) is 0. The second-order valence-corrected chi connectivity index (χ2v) is 8.98. The summed E-state index contributed by atoms with van der Waals surface area (Å²) in [4.78, 5) is 31.7. The van der Waals surface area contributed by atoms with E-state index in [0.717, 1.165) is 85.9 Å². The lowest BCUT2D eigenvalue weighted by molar-refractivity contribution is -0.110. The number of H-pyrrole nitrogens is 1. The molecule has 2 aliphatic heterocycles. The molecule has 2 amide bonds. The molecular weight excluding hydrogens is 428 g/mol. The van der Waals surface area contributed by atoms with Crippen molar-refractivity contribution in [2.24, 2.45) is 0 Å². The third-order valence-electron chi connectivity index (χ3n) is 6.52. The van der Waals surface area contributed by atoms with E-state index in [0.29, 0.717) is 22.7 Å². The third kappa shape index (κ3) is 3.85. The molecule has 0 radical (unpaired) electrons. The number of hydrogen-bond acceptors (Lipinski definition) is 4. The van der Waals surface area contributed by atoms with Crippen LogP contribution in [0.15, 0.2) is 18.2 Å². The van der Waals surface area contributed by atoms with Crippen molar-refractivity contribution >= 4 is 40.2 Å². The van der Waals surface area contributed by atoms with Crippen LogP contribution >= 0.6 is 11.6 Å². The Morgan fingerprint density at radius 3 is 2.88 bits per heavy atom. The summed E-state index contributed by atoms with van der Waals surface area (Å²) in [6, 6.07) is 5.44. The van der Waals surface area contributed by atoms with Crippen LogP contribution < -0.4 is 10.6 Å². The summed E-state index contributed by atoms with van der Waals surface area (Å²) in [5.41, 5.74) is 6.68. The van der Waals surface area contributed by atoms with Gasteiger partial charge in [-0.3, -0.25) is 14.5 Å². The first-order chi connectivity index (χ1) is 15.5. The molecule has 1 aromatic heterocycles. The molecule has 2 aromatic rings. The molecule has 1 aromatic carbocycles. The summed E-state index contributed by atoms with van der Waals surface area (Å²) in [5, 5.41) is 6.62. The lowest BCUT2D eigenvalue weighted by Crippen LogP contribution is -2.41. The van der Waals surface area contributed by atoms with Crippen molar-refractivity contribution in [3.63, 3.8) is 0 Å². The Labute approximate surface area is 192 Å². The van der Waals surface area contributed by atoms with Crippen LogP contribution in [0.2, 0.25) is 5.02 Å². The van der Waals surface area contributed by atoms with E-state index in [4.69, 9.17) is 16.3 Å². The number of aryl methyl sites for hydroxylation is 1. The Kier molecular flexibility index (Phi) is 5.80. The van der Waals surface area contributed by atoms with E-state index in [9.17, 15) is 9.59 Å². The van der Waals surface area contributed by atoms with Crippen LogP contribution in [0, 0.1) is 6.92 Å². The largest absolute Gasteiger partial charge is 0.379 e. The predicted octanol–water partition coefficient (Wildman–Crippen LogP) is 3.24. The van der Waals surface area contributed by atoms with Crippen molar-refractivity contribution in [2.75, 3.05) is 44.7 Å². The SMILES string of the molecule is Cc1[nH]c2c(c1C(=O)NCCN1CCOCC1)CCC/C2=C1/C(=O)Nc2ccc(Cl)cc21. The fraction of sp³-hybridized carbons (Fsp3) is 0.417. The maximum Gasteiger partial charge on any atom is 0.256 e. The molecule has 5 rings (SSSR count). The molecule has 8 heteroatoms. The number of hydrogen-bond donors (Lipinski definition) is 3. The average molecular weight is 455 g/mol. The van der Waals surface area contributed by atoms with E-state index in [1.165, 1.54) is 0 Å². The van der Waals surface area contributed by atoms with Gasteiger partial charge < -0.3 is 20.4 Å². The number of aromatic amines is 1. The Morgan fingerprint density at radius 2 is 2.06 bits per heavy atom. The van der Waals surface area contributed by atoms with Gasteiger partial charge in [-0.25, -0.2) is 0 Å². The van der Waals surface area contributed by atoms with Gasteiger partial charge in [-0.05, 0) is 55.5 Å². The smallest absolute Gasteiger partial charge is 0.256 e. The van der Waals surface area contributed by atoms with Gasteiger partial charge in [0.15, 0.2) is 0 Å². The van der Waals surface area contributed by atoms with Crippen molar-refractivity contribution in [2.45, 2.75) is 26.2 Å². The lowest BCUT2D eigenvalue weighted by atomic mass is 9.86. The van der Waals surface area contributed by atoms with E-state index in [-0.39, 0.29) is 11.8 Å². The normalized spacial score (nSPS) is 20.6. The number of nitrogens with one attached hydrogen (secondary N) is 3. The van der Waals surface area contributed by atoms with E-state index in [1.807, 2.05) is 19.1 Å². The van der Waals surface area contributed by atoms with E-state index < -0.39 is 0 Å². The van der Waals surface area contributed by atoms with Crippen LogP contribution in [0.4, 0.5) is 5.69 Å². The molecule has 3 aliphatic rings. The topological polar surface area (TPSA) is 86.5 Å². The first kappa shape index (κ1) is 21.2. The van der Waals surface area contributed by atoms with Gasteiger partial charge in [0.05, 0.1) is 24.4 Å². The zero-order valence-corrected chi connectivity index (χ0v) is 18.9. The summed E-state index contributed by atoms with van der Waals surface area (Å²) in [6.45, 7) is 6.64. The minimum absolute atomic E-state index is 0.0566. The Bertz CT molecular complexity index is 1110. The molecule has 1 fully saturated rings. The van der Waals surface area contributed by atoms with Gasteiger partial charge in [0.25, 0.3) is 11.8 Å². The number of carbonyl (C=O) groups excluding carboxylic acids is 2. The van der Waals surface area contributed by atoms with Crippen LogP contribution in [0.1, 0.15) is 45.7 Å². The zero-order chi connectivity index (χ0) is 22.2. The molecule has 1 aliphatic carbocycles. The Hall–Kier alpha value is -2.61. The van der Waals surface area contributed by atoms with Crippen molar-refractivity contribution in [3.8, 4) is 0 Å². The minimum Gasteiger partial charge on any atom is -0.379 e. The van der Waals surface area contributed by atoms with Crippen LogP contribution in [0.3, 0.4) is 0 Å². The molecule has 168 valence electrons. The summed E-state index contributed by atoms with van der Waals surface area (Å²) in [5.74, 6) is -0.173. The highest BCUT2D eigenvalue weighted by atomic mass is 35.5. The fourth-order valence-corrected chi connectivity index (χ4v) is 5.16. The first-order valence-electron chi connectivity index (χ1n) is 11.2. The number of morpholine rings is 1. The second-order valence-electron chi connectivity index (χ2n) is 8.54. The number of anilines is 1. The van der Waals surface area contributed by atoms with E-state index in [1.54, 1.807) is 6.07 Å². The zero-order valence-electron chi connectivity index (χ0n) is 18.1. The van der Waals surface area contributed by atoms with Gasteiger partial charge >= 0.3 is 0 Å². The molecule has 1 saturated heterocycles. The highest BCUT2D eigenvalue weighted by molar-refractivity contribution is 6.38. The molecule has 3 heterocycles. The fourth-order valence-electron chi connectivity index (χ4n) is 4.99. The number of aromatic nitrogens is 1. The molecule has 7 nitrogen and oxygen atoms in total. The van der Waals surface area contributed by atoms with Gasteiger partial charge in [-0.2, -0.15) is 0 Å². The number of rotatable bonds is 4. The number of nitrogens with zero attached hydrogens (tertiary/aromatic N) is 1. The predicted molar refractivity (Wildman–Crippen MR) is 125 cm³/mol. The first-order valence-corrected chi connectivity index (χ1v) is 11.5. The Morgan fingerprint density at radius 1 is 1.25 bits per heavy atom. The number of halogens is 1. The maximum absolute atomic E-state index is 13.1. The van der Waals surface area contributed by atoms with Gasteiger partial charge in [-0.15, -0.1) is 0 Å². The maximum atomic E-state index is 13.1. The second kappa shape index (κ2) is 8.73. The van der Waals surface area contributed by atoms with Gasteiger partial charge in [-0.1, -0.05) is 11.6 Å². The number of allylic oxidation sites excluding steroid dienone is 1. The molecule has 0 atom stereocenters. The molecular formula is C24H27ClN4O3. The molecule has 0 saturated carbocycles. The Balaban J connectivity index is 1.43. The highest BCUT2D eigenvalue weighted by Gasteiger charge is 2.33. The quantitative estimate of drug-likeness (QED) is 0.619. The van der Waals surface area contributed by atoms with Gasteiger partial charge in [0.1, 0.15) is 0 Å². The highest BCUT2D eigenvalue weighted by Crippen LogP contribution is 2.43. The number of amides is 2. The van der Waals surface area contributed by atoms with Crippen LogP contribution in [-0.2, 0) is 16.0 Å². The average Bonchev–Trinajstić information content (AvgIpc) is 3.29. The minimum atomic E-state index is -0.117. The van der Waals surface area contributed by atoms with Crippen molar-refractivity contribution in [3.05, 3.63) is 51.3 Å². The summed E-state index contributed by atoms with van der Waals surface area (Å²) >= 11 is 6.22. The third-order valence-corrected chi connectivity index (χ3v) is 6.75. The van der Waals surface area contributed by atoms with Crippen molar-refractivity contribution in [1.29, 1.82) is 0 Å². The molecule has 0 bridgehead atoms. The number of carbonyl (C=O) groups is 2.